The molecule has 0 bridgehead atoms. The van der Waals surface area contributed by atoms with E-state index in [1.54, 1.807) is 13.0 Å². The number of hydrogen-bond acceptors (Lipinski definition) is 4. The highest BCUT2D eigenvalue weighted by Gasteiger charge is 2.01. The van der Waals surface area contributed by atoms with E-state index in [4.69, 9.17) is 5.26 Å². The van der Waals surface area contributed by atoms with Gasteiger partial charge in [0, 0.05) is 0 Å². The number of hydrogen-bond donors (Lipinski definition) is 1. The standard InChI is InChI=1S/C9H9N3O2/c1-2-14-9(13)12-8-4-3-7(5-10)11-6-8/h3-4,6H,2H2,1H3,(H,12,13). The minimum atomic E-state index is -0.529. The number of pyridine rings is 1. The second kappa shape index (κ2) is 4.82. The van der Waals surface area contributed by atoms with Crippen molar-refractivity contribution in [3.63, 3.8) is 0 Å². The Morgan fingerprint density at radius 1 is 1.71 bits per heavy atom. The van der Waals surface area contributed by atoms with Gasteiger partial charge >= 0.3 is 6.09 Å². The van der Waals surface area contributed by atoms with E-state index < -0.39 is 6.09 Å². The number of carbonyl (C=O) groups is 1. The summed E-state index contributed by atoms with van der Waals surface area (Å²) < 4.78 is 4.66. The SMILES string of the molecule is CCOC(=O)Nc1ccc(C#N)nc1. The highest BCUT2D eigenvalue weighted by molar-refractivity contribution is 5.84. The zero-order chi connectivity index (χ0) is 10.4. The minimum Gasteiger partial charge on any atom is -0.450 e. The molecule has 0 radical (unpaired) electrons. The quantitative estimate of drug-likeness (QED) is 0.768. The maximum absolute atomic E-state index is 10.9. The fourth-order valence-electron chi connectivity index (χ4n) is 0.819. The second-order valence-electron chi connectivity index (χ2n) is 2.39. The van der Waals surface area contributed by atoms with Crippen LogP contribution in [0.3, 0.4) is 0 Å². The molecule has 0 unspecified atom stereocenters. The van der Waals surface area contributed by atoms with Crippen molar-refractivity contribution < 1.29 is 9.53 Å². The lowest BCUT2D eigenvalue weighted by atomic mass is 10.3. The van der Waals surface area contributed by atoms with Crippen LogP contribution in [0.25, 0.3) is 0 Å². The van der Waals surface area contributed by atoms with Gasteiger partial charge in [0.15, 0.2) is 0 Å². The molecule has 0 atom stereocenters. The van der Waals surface area contributed by atoms with Crippen LogP contribution in [-0.2, 0) is 4.74 Å². The van der Waals surface area contributed by atoms with Gasteiger partial charge in [-0.2, -0.15) is 5.26 Å². The summed E-state index contributed by atoms with van der Waals surface area (Å²) in [5.41, 5.74) is 0.807. The first kappa shape index (κ1) is 9.99. The number of ether oxygens (including phenoxy) is 1. The lowest BCUT2D eigenvalue weighted by molar-refractivity contribution is 0.168. The largest absolute Gasteiger partial charge is 0.450 e. The summed E-state index contributed by atoms with van der Waals surface area (Å²) in [5.74, 6) is 0. The van der Waals surface area contributed by atoms with E-state index in [-0.39, 0.29) is 0 Å². The molecule has 1 aromatic heterocycles. The highest BCUT2D eigenvalue weighted by Crippen LogP contribution is 2.05. The van der Waals surface area contributed by atoms with E-state index in [2.05, 4.69) is 15.0 Å². The predicted molar refractivity (Wildman–Crippen MR) is 49.6 cm³/mol. The van der Waals surface area contributed by atoms with E-state index in [1.165, 1.54) is 12.3 Å². The molecule has 5 heteroatoms. The van der Waals surface area contributed by atoms with Crippen molar-refractivity contribution in [2.24, 2.45) is 0 Å². The first-order valence-corrected chi connectivity index (χ1v) is 4.06. The molecule has 0 saturated carbocycles. The summed E-state index contributed by atoms with van der Waals surface area (Å²) in [4.78, 5) is 14.7. The summed E-state index contributed by atoms with van der Waals surface area (Å²) >= 11 is 0. The Kier molecular flexibility index (Phi) is 3.44. The van der Waals surface area contributed by atoms with Gasteiger partial charge < -0.3 is 4.74 Å². The van der Waals surface area contributed by atoms with Gasteiger partial charge in [-0.3, -0.25) is 5.32 Å². The fraction of sp³-hybridized carbons (Fsp3) is 0.222. The first-order valence-electron chi connectivity index (χ1n) is 4.06. The van der Waals surface area contributed by atoms with E-state index in [0.29, 0.717) is 18.0 Å². The molecule has 5 nitrogen and oxygen atoms in total. The number of nitriles is 1. The molecule has 1 amide bonds. The van der Waals surface area contributed by atoms with E-state index >= 15 is 0 Å². The molecule has 1 heterocycles. The third kappa shape index (κ3) is 2.75. The second-order valence-corrected chi connectivity index (χ2v) is 2.39. The van der Waals surface area contributed by atoms with Crippen molar-refractivity contribution in [1.29, 1.82) is 5.26 Å². The number of aromatic nitrogens is 1. The van der Waals surface area contributed by atoms with Crippen LogP contribution in [-0.4, -0.2) is 17.7 Å². The molecule has 0 aliphatic rings. The van der Waals surface area contributed by atoms with Gasteiger partial charge in [-0.1, -0.05) is 0 Å². The van der Waals surface area contributed by atoms with Crippen LogP contribution in [0.15, 0.2) is 18.3 Å². The maximum Gasteiger partial charge on any atom is 0.411 e. The molecule has 0 aliphatic heterocycles. The number of nitrogens with one attached hydrogen (secondary N) is 1. The Balaban J connectivity index is 2.61. The Labute approximate surface area is 81.3 Å². The molecule has 1 N–H and O–H groups in total. The maximum atomic E-state index is 10.9. The summed E-state index contributed by atoms with van der Waals surface area (Å²) in [5, 5.41) is 10.9. The van der Waals surface area contributed by atoms with Gasteiger partial charge in [0.1, 0.15) is 11.8 Å². The molecular formula is C9H9N3O2. The third-order valence-electron chi connectivity index (χ3n) is 1.40. The predicted octanol–water partition coefficient (Wildman–Crippen LogP) is 1.52. The van der Waals surface area contributed by atoms with Crippen molar-refractivity contribution in [2.45, 2.75) is 6.92 Å². The number of nitrogens with zero attached hydrogens (tertiary/aromatic N) is 2. The van der Waals surface area contributed by atoms with Gasteiger partial charge in [-0.25, -0.2) is 9.78 Å². The summed E-state index contributed by atoms with van der Waals surface area (Å²) in [6.07, 6.45) is 0.870. The van der Waals surface area contributed by atoms with E-state index in [0.717, 1.165) is 0 Å². The van der Waals surface area contributed by atoms with Crippen molar-refractivity contribution in [3.05, 3.63) is 24.0 Å². The first-order chi connectivity index (χ1) is 6.76. The monoisotopic (exact) mass is 191 g/mol. The van der Waals surface area contributed by atoms with Crippen molar-refractivity contribution in [1.82, 2.24) is 4.98 Å². The number of amides is 1. The zero-order valence-electron chi connectivity index (χ0n) is 7.65. The lowest BCUT2D eigenvalue weighted by Gasteiger charge is -2.03. The van der Waals surface area contributed by atoms with Gasteiger partial charge in [0.2, 0.25) is 0 Å². The average Bonchev–Trinajstić information content (AvgIpc) is 2.19. The number of rotatable bonds is 2. The molecule has 14 heavy (non-hydrogen) atoms. The van der Waals surface area contributed by atoms with Crippen LogP contribution < -0.4 is 5.32 Å². The number of carbonyl (C=O) groups excluding carboxylic acids is 1. The van der Waals surface area contributed by atoms with E-state index in [9.17, 15) is 4.79 Å². The van der Waals surface area contributed by atoms with Crippen molar-refractivity contribution >= 4 is 11.8 Å². The van der Waals surface area contributed by atoms with Crippen LogP contribution in [0.1, 0.15) is 12.6 Å². The topological polar surface area (TPSA) is 75.0 Å². The van der Waals surface area contributed by atoms with Crippen LogP contribution in [0, 0.1) is 11.3 Å². The van der Waals surface area contributed by atoms with Crippen molar-refractivity contribution in [3.8, 4) is 6.07 Å². The molecule has 0 spiro atoms. The van der Waals surface area contributed by atoms with Gasteiger partial charge in [-0.05, 0) is 19.1 Å². The van der Waals surface area contributed by atoms with Gasteiger partial charge in [-0.15, -0.1) is 0 Å². The summed E-state index contributed by atoms with van der Waals surface area (Å²) in [6.45, 7) is 2.03. The van der Waals surface area contributed by atoms with Gasteiger partial charge in [0.25, 0.3) is 0 Å². The fourth-order valence-corrected chi connectivity index (χ4v) is 0.819. The normalized spacial score (nSPS) is 8.86. The molecule has 0 aromatic carbocycles. The Bertz CT molecular complexity index is 353. The zero-order valence-corrected chi connectivity index (χ0v) is 7.65. The van der Waals surface area contributed by atoms with Crippen LogP contribution in [0.2, 0.25) is 0 Å². The van der Waals surface area contributed by atoms with E-state index in [1.807, 2.05) is 6.07 Å². The molecule has 0 fully saturated rings. The molecule has 72 valence electrons. The van der Waals surface area contributed by atoms with Crippen LogP contribution in [0.5, 0.6) is 0 Å². The smallest absolute Gasteiger partial charge is 0.411 e. The molecule has 0 saturated heterocycles. The van der Waals surface area contributed by atoms with Gasteiger partial charge in [0.05, 0.1) is 18.5 Å². The van der Waals surface area contributed by atoms with Crippen LogP contribution in [0.4, 0.5) is 10.5 Å². The Morgan fingerprint density at radius 2 is 2.50 bits per heavy atom. The Morgan fingerprint density at radius 3 is 3.00 bits per heavy atom. The highest BCUT2D eigenvalue weighted by atomic mass is 16.5. The molecular weight excluding hydrogens is 182 g/mol. The summed E-state index contributed by atoms with van der Waals surface area (Å²) in [7, 11) is 0. The molecule has 0 aliphatic carbocycles. The molecule has 1 rings (SSSR count). The van der Waals surface area contributed by atoms with Crippen LogP contribution >= 0.6 is 0 Å². The third-order valence-corrected chi connectivity index (χ3v) is 1.40. The average molecular weight is 191 g/mol. The number of anilines is 1. The minimum absolute atomic E-state index is 0.305. The lowest BCUT2D eigenvalue weighted by Crippen LogP contribution is -2.13. The summed E-state index contributed by atoms with van der Waals surface area (Å²) in [6, 6.07) is 4.98. The Hall–Kier alpha value is -2.09. The molecule has 1 aromatic rings. The van der Waals surface area contributed by atoms with Crippen molar-refractivity contribution in [2.75, 3.05) is 11.9 Å².